The molecule has 0 spiro atoms. The first-order valence-electron chi connectivity index (χ1n) is 10.3. The lowest BCUT2D eigenvalue weighted by Crippen LogP contribution is -2.35. The van der Waals surface area contributed by atoms with Crippen molar-refractivity contribution < 1.29 is 4.74 Å². The molecule has 4 heteroatoms. The SMILES string of the molecule is CCOc1ccc(C2c3[nH]c4ccccc4c3CCN2Cc2ccccn2)cc1. The summed E-state index contributed by atoms with van der Waals surface area (Å²) in [4.78, 5) is 10.8. The molecule has 5 rings (SSSR count). The first kappa shape index (κ1) is 18.0. The monoisotopic (exact) mass is 383 g/mol. The Balaban J connectivity index is 1.58. The first-order chi connectivity index (χ1) is 14.3. The van der Waals surface area contributed by atoms with E-state index < -0.39 is 0 Å². The van der Waals surface area contributed by atoms with Gasteiger partial charge in [-0.3, -0.25) is 9.88 Å². The highest BCUT2D eigenvalue weighted by Gasteiger charge is 2.31. The summed E-state index contributed by atoms with van der Waals surface area (Å²) in [5.74, 6) is 0.917. The average Bonchev–Trinajstić information content (AvgIpc) is 3.14. The predicted octanol–water partition coefficient (Wildman–Crippen LogP) is 5.11. The molecule has 1 atom stereocenters. The van der Waals surface area contributed by atoms with Gasteiger partial charge in [0.1, 0.15) is 5.75 Å². The summed E-state index contributed by atoms with van der Waals surface area (Å²) in [5, 5.41) is 1.34. The van der Waals surface area contributed by atoms with E-state index in [1.165, 1.54) is 27.7 Å². The number of fused-ring (bicyclic) bond motifs is 3. The van der Waals surface area contributed by atoms with Gasteiger partial charge in [-0.15, -0.1) is 0 Å². The first-order valence-corrected chi connectivity index (χ1v) is 10.3. The number of pyridine rings is 1. The summed E-state index contributed by atoms with van der Waals surface area (Å²) < 4.78 is 5.66. The van der Waals surface area contributed by atoms with Crippen LogP contribution in [0.25, 0.3) is 10.9 Å². The van der Waals surface area contributed by atoms with Crippen molar-refractivity contribution in [2.45, 2.75) is 25.9 Å². The number of hydrogen-bond donors (Lipinski definition) is 1. The molecule has 0 bridgehead atoms. The Morgan fingerprint density at radius 3 is 2.66 bits per heavy atom. The molecule has 1 aliphatic heterocycles. The van der Waals surface area contributed by atoms with E-state index in [1.807, 2.05) is 19.2 Å². The van der Waals surface area contributed by atoms with Gasteiger partial charge in [-0.25, -0.2) is 0 Å². The number of nitrogens with one attached hydrogen (secondary N) is 1. The third-order valence-electron chi connectivity index (χ3n) is 5.73. The number of benzene rings is 2. The van der Waals surface area contributed by atoms with Gasteiger partial charge in [-0.2, -0.15) is 0 Å². The summed E-state index contributed by atoms with van der Waals surface area (Å²) in [6, 6.07) is 23.5. The zero-order valence-corrected chi connectivity index (χ0v) is 16.6. The summed E-state index contributed by atoms with van der Waals surface area (Å²) in [6.45, 7) is 4.53. The van der Waals surface area contributed by atoms with Crippen molar-refractivity contribution in [3.05, 3.63) is 95.4 Å². The van der Waals surface area contributed by atoms with Crippen LogP contribution in [0.15, 0.2) is 72.9 Å². The van der Waals surface area contributed by atoms with Crippen LogP contribution >= 0.6 is 0 Å². The van der Waals surface area contributed by atoms with E-state index in [-0.39, 0.29) is 6.04 Å². The number of aromatic amines is 1. The van der Waals surface area contributed by atoms with Gasteiger partial charge in [-0.1, -0.05) is 36.4 Å². The Labute approximate surface area is 171 Å². The molecular weight excluding hydrogens is 358 g/mol. The number of nitrogens with zero attached hydrogens (tertiary/aromatic N) is 2. The molecule has 0 fully saturated rings. The van der Waals surface area contributed by atoms with Crippen molar-refractivity contribution in [1.82, 2.24) is 14.9 Å². The summed E-state index contributed by atoms with van der Waals surface area (Å²) >= 11 is 0. The highest BCUT2D eigenvalue weighted by molar-refractivity contribution is 5.85. The van der Waals surface area contributed by atoms with Crippen molar-refractivity contribution in [3.63, 3.8) is 0 Å². The van der Waals surface area contributed by atoms with E-state index in [0.717, 1.165) is 31.0 Å². The van der Waals surface area contributed by atoms with Crippen LogP contribution in [0.1, 0.15) is 35.5 Å². The lowest BCUT2D eigenvalue weighted by molar-refractivity contribution is 0.199. The highest BCUT2D eigenvalue weighted by atomic mass is 16.5. The number of ether oxygens (including phenoxy) is 1. The molecule has 0 radical (unpaired) electrons. The fourth-order valence-corrected chi connectivity index (χ4v) is 4.45. The Morgan fingerprint density at radius 1 is 1.03 bits per heavy atom. The van der Waals surface area contributed by atoms with Gasteiger partial charge in [0.25, 0.3) is 0 Å². The molecule has 146 valence electrons. The minimum absolute atomic E-state index is 0.170. The van der Waals surface area contributed by atoms with Crippen LogP contribution in [0, 0.1) is 0 Å². The van der Waals surface area contributed by atoms with Crippen molar-refractivity contribution in [1.29, 1.82) is 0 Å². The third-order valence-corrected chi connectivity index (χ3v) is 5.73. The molecule has 2 aromatic heterocycles. The number of H-pyrrole nitrogens is 1. The molecule has 1 unspecified atom stereocenters. The molecule has 1 N–H and O–H groups in total. The van der Waals surface area contributed by atoms with E-state index in [2.05, 4.69) is 75.5 Å². The maximum Gasteiger partial charge on any atom is 0.119 e. The average molecular weight is 383 g/mol. The van der Waals surface area contributed by atoms with Gasteiger partial charge in [-0.05, 0) is 54.8 Å². The van der Waals surface area contributed by atoms with E-state index in [4.69, 9.17) is 4.74 Å². The van der Waals surface area contributed by atoms with Crippen LogP contribution in [-0.4, -0.2) is 28.0 Å². The quantitative estimate of drug-likeness (QED) is 0.521. The fourth-order valence-electron chi connectivity index (χ4n) is 4.45. The summed E-state index contributed by atoms with van der Waals surface area (Å²) in [6.07, 6.45) is 2.92. The lowest BCUT2D eigenvalue weighted by atomic mass is 9.92. The van der Waals surface area contributed by atoms with E-state index in [9.17, 15) is 0 Å². The fraction of sp³-hybridized carbons (Fsp3) is 0.240. The molecule has 0 aliphatic carbocycles. The summed E-state index contributed by atoms with van der Waals surface area (Å²) in [7, 11) is 0. The smallest absolute Gasteiger partial charge is 0.119 e. The second-order valence-electron chi connectivity index (χ2n) is 7.51. The maximum atomic E-state index is 5.66. The lowest BCUT2D eigenvalue weighted by Gasteiger charge is -2.36. The highest BCUT2D eigenvalue weighted by Crippen LogP contribution is 2.39. The molecule has 1 aliphatic rings. The van der Waals surface area contributed by atoms with Crippen LogP contribution in [-0.2, 0) is 13.0 Å². The van der Waals surface area contributed by atoms with Crippen LogP contribution in [0.4, 0.5) is 0 Å². The molecule has 0 saturated heterocycles. The molecule has 29 heavy (non-hydrogen) atoms. The van der Waals surface area contributed by atoms with Gasteiger partial charge in [0.2, 0.25) is 0 Å². The van der Waals surface area contributed by atoms with E-state index >= 15 is 0 Å². The second-order valence-corrected chi connectivity index (χ2v) is 7.51. The summed E-state index contributed by atoms with van der Waals surface area (Å²) in [5.41, 5.74) is 6.34. The van der Waals surface area contributed by atoms with Gasteiger partial charge in [0.05, 0.1) is 18.3 Å². The maximum absolute atomic E-state index is 5.66. The number of para-hydroxylation sites is 1. The Morgan fingerprint density at radius 2 is 1.86 bits per heavy atom. The molecular formula is C25H25N3O. The largest absolute Gasteiger partial charge is 0.494 e. The molecule has 2 aromatic carbocycles. The second kappa shape index (κ2) is 7.72. The zero-order valence-electron chi connectivity index (χ0n) is 16.6. The minimum Gasteiger partial charge on any atom is -0.494 e. The van der Waals surface area contributed by atoms with Gasteiger partial charge < -0.3 is 9.72 Å². The van der Waals surface area contributed by atoms with Crippen LogP contribution in [0.2, 0.25) is 0 Å². The van der Waals surface area contributed by atoms with E-state index in [0.29, 0.717) is 6.61 Å². The van der Waals surface area contributed by atoms with Crippen molar-refractivity contribution in [3.8, 4) is 5.75 Å². The molecule has 0 amide bonds. The van der Waals surface area contributed by atoms with Crippen molar-refractivity contribution >= 4 is 10.9 Å². The van der Waals surface area contributed by atoms with E-state index in [1.54, 1.807) is 0 Å². The van der Waals surface area contributed by atoms with Gasteiger partial charge in [0.15, 0.2) is 0 Å². The van der Waals surface area contributed by atoms with Crippen molar-refractivity contribution in [2.75, 3.05) is 13.2 Å². The third kappa shape index (κ3) is 3.40. The van der Waals surface area contributed by atoms with Crippen LogP contribution in [0.5, 0.6) is 5.75 Å². The number of hydrogen-bond acceptors (Lipinski definition) is 3. The number of rotatable bonds is 5. The number of aromatic nitrogens is 2. The Bertz CT molecular complexity index is 1100. The Kier molecular flexibility index (Phi) is 4.78. The van der Waals surface area contributed by atoms with Crippen LogP contribution in [0.3, 0.4) is 0 Å². The van der Waals surface area contributed by atoms with Crippen molar-refractivity contribution in [2.24, 2.45) is 0 Å². The van der Waals surface area contributed by atoms with Gasteiger partial charge in [0, 0.05) is 35.9 Å². The standard InChI is InChI=1S/C25H25N3O/c1-2-29-20-12-10-18(11-13-20)25-24-22(21-8-3-4-9-23(21)27-24)14-16-28(25)17-19-7-5-6-15-26-19/h3-13,15,25,27H,2,14,16-17H2,1H3. The van der Waals surface area contributed by atoms with Crippen LogP contribution < -0.4 is 4.74 Å². The van der Waals surface area contributed by atoms with Gasteiger partial charge >= 0.3 is 0 Å². The normalized spacial score (nSPS) is 16.7. The topological polar surface area (TPSA) is 41.1 Å². The minimum atomic E-state index is 0.170. The molecule has 3 heterocycles. The predicted molar refractivity (Wildman–Crippen MR) is 116 cm³/mol. The molecule has 4 aromatic rings. The Hall–Kier alpha value is -3.11. The zero-order chi connectivity index (χ0) is 19.6. The molecule has 0 saturated carbocycles. The molecule has 4 nitrogen and oxygen atoms in total.